The monoisotopic (exact) mass is 206 g/mol. The van der Waals surface area contributed by atoms with Crippen LogP contribution in [0.15, 0.2) is 12.4 Å². The minimum absolute atomic E-state index is 0.467. The van der Waals surface area contributed by atoms with E-state index in [4.69, 9.17) is 5.73 Å². The molecule has 1 aliphatic rings. The van der Waals surface area contributed by atoms with Crippen LogP contribution in [0.3, 0.4) is 0 Å². The van der Waals surface area contributed by atoms with Crippen LogP contribution in [0.1, 0.15) is 26.7 Å². The van der Waals surface area contributed by atoms with Gasteiger partial charge in [-0.05, 0) is 18.3 Å². The first kappa shape index (κ1) is 10.2. The molecule has 1 aliphatic heterocycles. The van der Waals surface area contributed by atoms with E-state index in [0.29, 0.717) is 11.2 Å². The van der Waals surface area contributed by atoms with E-state index in [1.54, 1.807) is 0 Å². The van der Waals surface area contributed by atoms with E-state index in [1.807, 2.05) is 6.07 Å². The number of hydrogen-bond acceptors (Lipinski definition) is 4. The van der Waals surface area contributed by atoms with Gasteiger partial charge < -0.3 is 10.6 Å². The molecule has 15 heavy (non-hydrogen) atoms. The van der Waals surface area contributed by atoms with Gasteiger partial charge in [-0.1, -0.05) is 13.8 Å². The molecule has 2 rings (SSSR count). The number of nitrogen functional groups attached to an aromatic ring is 1. The van der Waals surface area contributed by atoms with E-state index in [9.17, 15) is 0 Å². The van der Waals surface area contributed by atoms with Gasteiger partial charge in [0.25, 0.3) is 0 Å². The molecular formula is C11H18N4. The first-order chi connectivity index (χ1) is 7.07. The highest BCUT2D eigenvalue weighted by atomic mass is 15.2. The van der Waals surface area contributed by atoms with Crippen molar-refractivity contribution in [3.8, 4) is 0 Å². The Hall–Kier alpha value is -1.32. The molecule has 0 amide bonds. The second kappa shape index (κ2) is 3.68. The van der Waals surface area contributed by atoms with Gasteiger partial charge >= 0.3 is 0 Å². The molecule has 0 aromatic carbocycles. The summed E-state index contributed by atoms with van der Waals surface area (Å²) in [5, 5.41) is 0. The molecule has 2 heterocycles. The number of piperidine rings is 1. The lowest BCUT2D eigenvalue weighted by molar-refractivity contribution is 0.279. The van der Waals surface area contributed by atoms with E-state index in [1.165, 1.54) is 19.2 Å². The molecule has 1 fully saturated rings. The van der Waals surface area contributed by atoms with Gasteiger partial charge in [-0.15, -0.1) is 0 Å². The van der Waals surface area contributed by atoms with Crippen molar-refractivity contribution in [2.24, 2.45) is 5.41 Å². The minimum atomic E-state index is 0.467. The Balaban J connectivity index is 2.08. The molecule has 4 heteroatoms. The van der Waals surface area contributed by atoms with Crippen LogP contribution in [-0.4, -0.2) is 23.1 Å². The molecular weight excluding hydrogens is 188 g/mol. The number of rotatable bonds is 1. The van der Waals surface area contributed by atoms with Gasteiger partial charge in [-0.2, -0.15) is 0 Å². The highest BCUT2D eigenvalue weighted by Crippen LogP contribution is 2.31. The molecule has 2 N–H and O–H groups in total. The number of anilines is 2. The highest BCUT2D eigenvalue weighted by molar-refractivity contribution is 5.46. The molecule has 0 atom stereocenters. The fourth-order valence-electron chi connectivity index (χ4n) is 1.88. The van der Waals surface area contributed by atoms with Gasteiger partial charge in [0.1, 0.15) is 18.0 Å². The number of nitrogens with two attached hydrogens (primary N) is 1. The highest BCUT2D eigenvalue weighted by Gasteiger charge is 2.25. The molecule has 0 bridgehead atoms. The van der Waals surface area contributed by atoms with Crippen molar-refractivity contribution in [1.29, 1.82) is 0 Å². The summed E-state index contributed by atoms with van der Waals surface area (Å²) in [4.78, 5) is 10.4. The van der Waals surface area contributed by atoms with Gasteiger partial charge in [0.05, 0.1) is 0 Å². The van der Waals surface area contributed by atoms with Gasteiger partial charge in [-0.3, -0.25) is 0 Å². The van der Waals surface area contributed by atoms with Crippen molar-refractivity contribution >= 4 is 11.6 Å². The van der Waals surface area contributed by atoms with Crippen LogP contribution in [0, 0.1) is 5.41 Å². The lowest BCUT2D eigenvalue weighted by Gasteiger charge is -2.37. The first-order valence-corrected chi connectivity index (χ1v) is 5.39. The normalized spacial score (nSPS) is 20.3. The van der Waals surface area contributed by atoms with E-state index in [-0.39, 0.29) is 0 Å². The molecule has 0 radical (unpaired) electrons. The Morgan fingerprint density at radius 1 is 1.27 bits per heavy atom. The van der Waals surface area contributed by atoms with Crippen LogP contribution >= 0.6 is 0 Å². The molecule has 0 unspecified atom stereocenters. The fourth-order valence-corrected chi connectivity index (χ4v) is 1.88. The second-order valence-electron chi connectivity index (χ2n) is 4.95. The summed E-state index contributed by atoms with van der Waals surface area (Å²) in [5.74, 6) is 1.50. The zero-order chi connectivity index (χ0) is 10.9. The molecule has 0 aliphatic carbocycles. The Labute approximate surface area is 90.5 Å². The third kappa shape index (κ3) is 2.37. The number of hydrogen-bond donors (Lipinski definition) is 1. The SMILES string of the molecule is CC1(C)CCN(c2cc(N)ncn2)CC1. The zero-order valence-electron chi connectivity index (χ0n) is 9.40. The van der Waals surface area contributed by atoms with Crippen molar-refractivity contribution in [2.45, 2.75) is 26.7 Å². The van der Waals surface area contributed by atoms with Crippen LogP contribution in [0.4, 0.5) is 11.6 Å². The van der Waals surface area contributed by atoms with E-state index >= 15 is 0 Å². The summed E-state index contributed by atoms with van der Waals surface area (Å²) >= 11 is 0. The van der Waals surface area contributed by atoms with Crippen molar-refractivity contribution in [2.75, 3.05) is 23.7 Å². The summed E-state index contributed by atoms with van der Waals surface area (Å²) in [6.45, 7) is 6.75. The largest absolute Gasteiger partial charge is 0.384 e. The second-order valence-corrected chi connectivity index (χ2v) is 4.95. The maximum absolute atomic E-state index is 5.64. The zero-order valence-corrected chi connectivity index (χ0v) is 9.40. The third-order valence-electron chi connectivity index (χ3n) is 3.11. The molecule has 0 saturated carbocycles. The van der Waals surface area contributed by atoms with Gasteiger partial charge in [-0.25, -0.2) is 9.97 Å². The van der Waals surface area contributed by atoms with Crippen molar-refractivity contribution in [1.82, 2.24) is 9.97 Å². The summed E-state index contributed by atoms with van der Waals surface area (Å²) in [7, 11) is 0. The summed E-state index contributed by atoms with van der Waals surface area (Å²) in [5.41, 5.74) is 6.11. The molecule has 1 aromatic heterocycles. The maximum Gasteiger partial charge on any atom is 0.134 e. The van der Waals surface area contributed by atoms with E-state index in [2.05, 4.69) is 28.7 Å². The number of aromatic nitrogens is 2. The summed E-state index contributed by atoms with van der Waals surface area (Å²) < 4.78 is 0. The summed E-state index contributed by atoms with van der Waals surface area (Å²) in [6.07, 6.45) is 3.94. The number of nitrogens with zero attached hydrogens (tertiary/aromatic N) is 3. The van der Waals surface area contributed by atoms with Gasteiger partial charge in [0, 0.05) is 19.2 Å². The first-order valence-electron chi connectivity index (χ1n) is 5.39. The van der Waals surface area contributed by atoms with Gasteiger partial charge in [0.15, 0.2) is 0 Å². The van der Waals surface area contributed by atoms with Crippen molar-refractivity contribution in [3.05, 3.63) is 12.4 Å². The predicted octanol–water partition coefficient (Wildman–Crippen LogP) is 1.69. The molecule has 4 nitrogen and oxygen atoms in total. The average Bonchev–Trinajstić information content (AvgIpc) is 2.17. The van der Waals surface area contributed by atoms with Gasteiger partial charge in [0.2, 0.25) is 0 Å². The maximum atomic E-state index is 5.64. The molecule has 1 aromatic rings. The Morgan fingerprint density at radius 2 is 1.93 bits per heavy atom. The van der Waals surface area contributed by atoms with Crippen LogP contribution in [-0.2, 0) is 0 Å². The molecule has 0 spiro atoms. The standard InChI is InChI=1S/C11H18N4/c1-11(2)3-5-15(6-4-11)10-7-9(12)13-8-14-10/h7-8H,3-6H2,1-2H3,(H2,12,13,14). The van der Waals surface area contributed by atoms with Crippen LogP contribution in [0.2, 0.25) is 0 Å². The minimum Gasteiger partial charge on any atom is -0.384 e. The molecule has 1 saturated heterocycles. The summed E-state index contributed by atoms with van der Waals surface area (Å²) in [6, 6.07) is 1.85. The lowest BCUT2D eigenvalue weighted by atomic mass is 9.83. The lowest BCUT2D eigenvalue weighted by Crippen LogP contribution is -2.37. The average molecular weight is 206 g/mol. The Morgan fingerprint density at radius 3 is 2.53 bits per heavy atom. The van der Waals surface area contributed by atoms with E-state index in [0.717, 1.165) is 18.9 Å². The quantitative estimate of drug-likeness (QED) is 0.759. The fraction of sp³-hybridized carbons (Fsp3) is 0.636. The van der Waals surface area contributed by atoms with E-state index < -0.39 is 0 Å². The van der Waals surface area contributed by atoms with Crippen LogP contribution in [0.5, 0.6) is 0 Å². The van der Waals surface area contributed by atoms with Crippen LogP contribution < -0.4 is 10.6 Å². The molecule has 82 valence electrons. The third-order valence-corrected chi connectivity index (χ3v) is 3.11. The van der Waals surface area contributed by atoms with Crippen molar-refractivity contribution in [3.63, 3.8) is 0 Å². The topological polar surface area (TPSA) is 55.0 Å². The van der Waals surface area contributed by atoms with Crippen LogP contribution in [0.25, 0.3) is 0 Å². The van der Waals surface area contributed by atoms with Crippen molar-refractivity contribution < 1.29 is 0 Å². The Kier molecular flexibility index (Phi) is 2.50. The Bertz CT molecular complexity index is 338. The smallest absolute Gasteiger partial charge is 0.134 e. The predicted molar refractivity (Wildman–Crippen MR) is 61.7 cm³/mol.